The molecule has 0 heterocycles. The summed E-state index contributed by atoms with van der Waals surface area (Å²) in [5.41, 5.74) is 3.97. The summed E-state index contributed by atoms with van der Waals surface area (Å²) in [5, 5.41) is 9.23. The van der Waals surface area contributed by atoms with E-state index in [1.807, 2.05) is 42.5 Å². The average molecular weight is 462 g/mol. The van der Waals surface area contributed by atoms with Crippen molar-refractivity contribution in [1.82, 2.24) is 0 Å². The summed E-state index contributed by atoms with van der Waals surface area (Å²) in [6.07, 6.45) is 1.99. The maximum Gasteiger partial charge on any atom is 0.203 e. The second-order valence-electron chi connectivity index (χ2n) is 7.12. The van der Waals surface area contributed by atoms with E-state index in [-0.39, 0.29) is 0 Å². The standard InChI is InChI=1S/C27H27NO6/c1-29-22-12-18(13-23(30-2)26(22)33-5)11-21(19-9-7-17(16-28)8-10-19)20-14-24(31-3)27(34-6)25(15-20)32-4/h7-15H,1-6H3/b21-11-. The lowest BCUT2D eigenvalue weighted by Gasteiger charge is -2.17. The van der Waals surface area contributed by atoms with Crippen LogP contribution in [0.2, 0.25) is 0 Å². The number of methoxy groups -OCH3 is 6. The van der Waals surface area contributed by atoms with Gasteiger partial charge in [-0.1, -0.05) is 12.1 Å². The predicted octanol–water partition coefficient (Wildman–Crippen LogP) is 5.20. The van der Waals surface area contributed by atoms with E-state index in [0.717, 1.165) is 22.3 Å². The maximum atomic E-state index is 9.23. The molecule has 0 aromatic heterocycles. The summed E-state index contributed by atoms with van der Waals surface area (Å²) >= 11 is 0. The minimum Gasteiger partial charge on any atom is -0.493 e. The number of ether oxygens (including phenoxy) is 6. The Morgan fingerprint density at radius 1 is 0.618 bits per heavy atom. The Labute approximate surface area is 199 Å². The normalized spacial score (nSPS) is 10.8. The van der Waals surface area contributed by atoms with E-state index in [1.54, 1.807) is 54.8 Å². The second-order valence-corrected chi connectivity index (χ2v) is 7.12. The number of nitriles is 1. The van der Waals surface area contributed by atoms with Gasteiger partial charge in [0.15, 0.2) is 23.0 Å². The molecule has 0 aliphatic heterocycles. The lowest BCUT2D eigenvalue weighted by atomic mass is 9.94. The van der Waals surface area contributed by atoms with Crippen molar-refractivity contribution in [2.45, 2.75) is 0 Å². The smallest absolute Gasteiger partial charge is 0.203 e. The first-order valence-corrected chi connectivity index (χ1v) is 10.4. The van der Waals surface area contributed by atoms with Crippen LogP contribution in [0.25, 0.3) is 11.6 Å². The summed E-state index contributed by atoms with van der Waals surface area (Å²) in [5.74, 6) is 3.15. The molecule has 34 heavy (non-hydrogen) atoms. The molecule has 0 N–H and O–H groups in total. The third kappa shape index (κ3) is 4.86. The van der Waals surface area contributed by atoms with Crippen molar-refractivity contribution in [2.75, 3.05) is 42.7 Å². The Kier molecular flexibility index (Phi) is 7.88. The summed E-state index contributed by atoms with van der Waals surface area (Å²) in [7, 11) is 9.43. The highest BCUT2D eigenvalue weighted by Gasteiger charge is 2.18. The molecule has 0 unspecified atom stereocenters. The first kappa shape index (κ1) is 24.3. The summed E-state index contributed by atoms with van der Waals surface area (Å²) in [6, 6.07) is 17.0. The van der Waals surface area contributed by atoms with Gasteiger partial charge in [-0.3, -0.25) is 0 Å². The lowest BCUT2D eigenvalue weighted by Crippen LogP contribution is -1.98. The third-order valence-electron chi connectivity index (χ3n) is 5.30. The molecule has 0 atom stereocenters. The van der Waals surface area contributed by atoms with Gasteiger partial charge in [-0.25, -0.2) is 0 Å². The molecule has 3 rings (SSSR count). The zero-order valence-corrected chi connectivity index (χ0v) is 20.1. The molecule has 0 radical (unpaired) electrons. The maximum absolute atomic E-state index is 9.23. The van der Waals surface area contributed by atoms with Crippen LogP contribution in [0.1, 0.15) is 22.3 Å². The van der Waals surface area contributed by atoms with Crippen molar-refractivity contribution >= 4 is 11.6 Å². The molecule has 0 amide bonds. The fourth-order valence-electron chi connectivity index (χ4n) is 3.65. The molecule has 176 valence electrons. The summed E-state index contributed by atoms with van der Waals surface area (Å²) in [4.78, 5) is 0. The fraction of sp³-hybridized carbons (Fsp3) is 0.222. The minimum atomic E-state index is 0.501. The van der Waals surface area contributed by atoms with Crippen molar-refractivity contribution in [3.05, 3.63) is 70.8 Å². The second kappa shape index (κ2) is 11.0. The topological polar surface area (TPSA) is 79.2 Å². The molecule has 7 nitrogen and oxygen atoms in total. The van der Waals surface area contributed by atoms with Crippen LogP contribution >= 0.6 is 0 Å². The molecule has 0 aliphatic rings. The molecule has 0 fully saturated rings. The molecule has 3 aromatic rings. The Balaban J connectivity index is 2.30. The number of hydrogen-bond donors (Lipinski definition) is 0. The van der Waals surface area contributed by atoms with Gasteiger partial charge in [-0.2, -0.15) is 5.26 Å². The van der Waals surface area contributed by atoms with Crippen molar-refractivity contribution in [3.8, 4) is 40.6 Å². The van der Waals surface area contributed by atoms with Crippen LogP contribution in [0, 0.1) is 11.3 Å². The Morgan fingerprint density at radius 2 is 1.06 bits per heavy atom. The molecule has 0 spiro atoms. The van der Waals surface area contributed by atoms with Crippen LogP contribution < -0.4 is 28.4 Å². The quantitative estimate of drug-likeness (QED) is 0.405. The summed E-state index contributed by atoms with van der Waals surface area (Å²) < 4.78 is 33.1. The monoisotopic (exact) mass is 461 g/mol. The molecule has 0 bridgehead atoms. The minimum absolute atomic E-state index is 0.501. The zero-order chi connectivity index (χ0) is 24.7. The van der Waals surface area contributed by atoms with Crippen LogP contribution in [0.4, 0.5) is 0 Å². The van der Waals surface area contributed by atoms with Crippen LogP contribution in [-0.4, -0.2) is 42.7 Å². The van der Waals surface area contributed by atoms with Gasteiger partial charge in [0.25, 0.3) is 0 Å². The highest BCUT2D eigenvalue weighted by atomic mass is 16.5. The van der Waals surface area contributed by atoms with Crippen LogP contribution in [-0.2, 0) is 0 Å². The van der Waals surface area contributed by atoms with Crippen LogP contribution in [0.3, 0.4) is 0 Å². The number of hydrogen-bond acceptors (Lipinski definition) is 7. The number of rotatable bonds is 9. The Hall–Kier alpha value is -4.31. The van der Waals surface area contributed by atoms with Gasteiger partial charge in [-0.05, 0) is 64.7 Å². The van der Waals surface area contributed by atoms with E-state index < -0.39 is 0 Å². The highest BCUT2D eigenvalue weighted by Crippen LogP contribution is 2.43. The molecular weight excluding hydrogens is 434 g/mol. The molecule has 0 saturated heterocycles. The van der Waals surface area contributed by atoms with Gasteiger partial charge >= 0.3 is 0 Å². The van der Waals surface area contributed by atoms with Gasteiger partial charge < -0.3 is 28.4 Å². The Morgan fingerprint density at radius 3 is 1.44 bits per heavy atom. The molecular formula is C27H27NO6. The first-order chi connectivity index (χ1) is 16.5. The van der Waals surface area contributed by atoms with Crippen molar-refractivity contribution in [2.24, 2.45) is 0 Å². The van der Waals surface area contributed by atoms with Gasteiger partial charge in [0.1, 0.15) is 0 Å². The SMILES string of the molecule is COc1cc(/C=C(/c2ccc(C#N)cc2)c2cc(OC)c(OC)c(OC)c2)cc(OC)c1OC. The molecule has 3 aromatic carbocycles. The van der Waals surface area contributed by atoms with Gasteiger partial charge in [0.2, 0.25) is 11.5 Å². The van der Waals surface area contributed by atoms with Crippen LogP contribution in [0.5, 0.6) is 34.5 Å². The third-order valence-corrected chi connectivity index (χ3v) is 5.30. The number of benzene rings is 3. The van der Waals surface area contributed by atoms with E-state index in [9.17, 15) is 5.26 Å². The number of nitrogens with zero attached hydrogens (tertiary/aromatic N) is 1. The van der Waals surface area contributed by atoms with E-state index in [4.69, 9.17) is 28.4 Å². The van der Waals surface area contributed by atoms with Gasteiger partial charge in [0.05, 0.1) is 54.3 Å². The van der Waals surface area contributed by atoms with Crippen molar-refractivity contribution in [1.29, 1.82) is 5.26 Å². The first-order valence-electron chi connectivity index (χ1n) is 10.4. The van der Waals surface area contributed by atoms with E-state index >= 15 is 0 Å². The summed E-state index contributed by atoms with van der Waals surface area (Å²) in [6.45, 7) is 0. The van der Waals surface area contributed by atoms with Crippen molar-refractivity contribution in [3.63, 3.8) is 0 Å². The largest absolute Gasteiger partial charge is 0.493 e. The highest BCUT2D eigenvalue weighted by molar-refractivity contribution is 5.93. The van der Waals surface area contributed by atoms with Gasteiger partial charge in [0, 0.05) is 0 Å². The van der Waals surface area contributed by atoms with E-state index in [2.05, 4.69) is 6.07 Å². The lowest BCUT2D eigenvalue weighted by molar-refractivity contribution is 0.324. The average Bonchev–Trinajstić information content (AvgIpc) is 2.90. The molecule has 7 heteroatoms. The Bertz CT molecular complexity index is 1170. The van der Waals surface area contributed by atoms with Gasteiger partial charge in [-0.15, -0.1) is 0 Å². The zero-order valence-electron chi connectivity index (χ0n) is 20.1. The molecule has 0 saturated carbocycles. The van der Waals surface area contributed by atoms with Crippen LogP contribution in [0.15, 0.2) is 48.5 Å². The molecule has 0 aliphatic carbocycles. The predicted molar refractivity (Wildman–Crippen MR) is 130 cm³/mol. The van der Waals surface area contributed by atoms with Crippen molar-refractivity contribution < 1.29 is 28.4 Å². The van der Waals surface area contributed by atoms with E-state index in [1.165, 1.54) is 0 Å². The van der Waals surface area contributed by atoms with E-state index in [0.29, 0.717) is 40.1 Å². The fourth-order valence-corrected chi connectivity index (χ4v) is 3.65.